The molecule has 0 fully saturated rings. The number of nitrogens with one attached hydrogen (secondary N) is 2. The number of benzene rings is 2. The first-order chi connectivity index (χ1) is 16.1. The van der Waals surface area contributed by atoms with Gasteiger partial charge in [-0.15, -0.1) is 10.2 Å². The molecule has 180 valence electrons. The fourth-order valence-corrected chi connectivity index (χ4v) is 4.10. The third kappa shape index (κ3) is 6.43. The fraction of sp³-hybridized carbons (Fsp3) is 0.238. The van der Waals surface area contributed by atoms with Gasteiger partial charge in [0.25, 0.3) is 5.91 Å². The lowest BCUT2D eigenvalue weighted by molar-refractivity contribution is -0.137. The second-order valence-corrected chi connectivity index (χ2v) is 8.59. The minimum atomic E-state index is -4.56. The summed E-state index contributed by atoms with van der Waals surface area (Å²) in [6.45, 7) is 2.39. The molecule has 3 rings (SSSR count). The molecule has 0 saturated heterocycles. The fourth-order valence-electron chi connectivity index (χ4n) is 2.89. The van der Waals surface area contributed by atoms with Crippen molar-refractivity contribution in [2.24, 2.45) is 0 Å². The van der Waals surface area contributed by atoms with Gasteiger partial charge in [-0.05, 0) is 37.3 Å². The number of aromatic nitrogens is 3. The van der Waals surface area contributed by atoms with Gasteiger partial charge in [-0.3, -0.25) is 9.59 Å². The lowest BCUT2D eigenvalue weighted by Gasteiger charge is -2.12. The standard InChI is InChI=1S/C21H18Cl2F3N5O2S/c1-2-31-17(10-27-19(33)13-5-3-4-6-14(13)22)29-30-20(31)34-11-18(32)28-16-9-12(21(24,25)26)7-8-15(16)23/h3-9H,2,10-11H2,1H3,(H,27,33)(H,28,32). The van der Waals surface area contributed by atoms with Crippen LogP contribution in [0.1, 0.15) is 28.7 Å². The molecule has 3 aromatic rings. The minimum absolute atomic E-state index is 0.0142. The molecule has 34 heavy (non-hydrogen) atoms. The van der Waals surface area contributed by atoms with Gasteiger partial charge in [-0.2, -0.15) is 13.2 Å². The van der Waals surface area contributed by atoms with E-state index < -0.39 is 17.6 Å². The van der Waals surface area contributed by atoms with E-state index >= 15 is 0 Å². The molecule has 2 N–H and O–H groups in total. The normalized spacial score (nSPS) is 11.4. The zero-order valence-electron chi connectivity index (χ0n) is 17.6. The number of carbonyl (C=O) groups is 2. The molecule has 0 aliphatic heterocycles. The van der Waals surface area contributed by atoms with Crippen LogP contribution in [0.2, 0.25) is 10.0 Å². The van der Waals surface area contributed by atoms with Crippen LogP contribution in [0.4, 0.5) is 18.9 Å². The van der Waals surface area contributed by atoms with Gasteiger partial charge in [-0.1, -0.05) is 47.1 Å². The van der Waals surface area contributed by atoms with Crippen molar-refractivity contribution < 1.29 is 22.8 Å². The zero-order valence-corrected chi connectivity index (χ0v) is 19.9. The smallest absolute Gasteiger partial charge is 0.345 e. The third-order valence-corrected chi connectivity index (χ3v) is 6.16. The summed E-state index contributed by atoms with van der Waals surface area (Å²) in [7, 11) is 0. The quantitative estimate of drug-likeness (QED) is 0.386. The highest BCUT2D eigenvalue weighted by molar-refractivity contribution is 7.99. The van der Waals surface area contributed by atoms with E-state index in [0.717, 1.165) is 30.0 Å². The number of hydrogen-bond donors (Lipinski definition) is 2. The minimum Gasteiger partial charge on any atom is -0.345 e. The lowest BCUT2D eigenvalue weighted by Crippen LogP contribution is -2.25. The van der Waals surface area contributed by atoms with Crippen LogP contribution in [0.25, 0.3) is 0 Å². The molecule has 1 aromatic heterocycles. The summed E-state index contributed by atoms with van der Waals surface area (Å²) in [6, 6.07) is 9.30. The largest absolute Gasteiger partial charge is 0.416 e. The monoisotopic (exact) mass is 531 g/mol. The van der Waals surface area contributed by atoms with Crippen molar-refractivity contribution in [1.82, 2.24) is 20.1 Å². The van der Waals surface area contributed by atoms with Crippen LogP contribution in [-0.4, -0.2) is 32.3 Å². The van der Waals surface area contributed by atoms with Crippen LogP contribution in [-0.2, 0) is 24.1 Å². The number of alkyl halides is 3. The van der Waals surface area contributed by atoms with Gasteiger partial charge < -0.3 is 15.2 Å². The topological polar surface area (TPSA) is 88.9 Å². The van der Waals surface area contributed by atoms with Crippen molar-refractivity contribution in [3.63, 3.8) is 0 Å². The number of thioether (sulfide) groups is 1. The Labute approximate surface area is 207 Å². The molecular formula is C21H18Cl2F3N5O2S. The van der Waals surface area contributed by atoms with Gasteiger partial charge in [0.15, 0.2) is 11.0 Å². The van der Waals surface area contributed by atoms with E-state index in [-0.39, 0.29) is 28.9 Å². The first-order valence-electron chi connectivity index (χ1n) is 9.84. The van der Waals surface area contributed by atoms with Gasteiger partial charge in [-0.25, -0.2) is 0 Å². The first-order valence-corrected chi connectivity index (χ1v) is 11.6. The average molecular weight is 532 g/mol. The van der Waals surface area contributed by atoms with Gasteiger partial charge in [0, 0.05) is 6.54 Å². The summed E-state index contributed by atoms with van der Waals surface area (Å²) < 4.78 is 40.4. The molecule has 13 heteroatoms. The van der Waals surface area contributed by atoms with E-state index in [2.05, 4.69) is 20.8 Å². The molecule has 2 aromatic carbocycles. The van der Waals surface area contributed by atoms with Gasteiger partial charge in [0.05, 0.1) is 39.2 Å². The van der Waals surface area contributed by atoms with Gasteiger partial charge in [0.1, 0.15) is 0 Å². The van der Waals surface area contributed by atoms with Crippen LogP contribution in [0.15, 0.2) is 47.6 Å². The Morgan fingerprint density at radius 2 is 1.82 bits per heavy atom. The van der Waals surface area contributed by atoms with E-state index in [1.807, 2.05) is 6.92 Å². The van der Waals surface area contributed by atoms with E-state index in [1.165, 1.54) is 0 Å². The number of anilines is 1. The van der Waals surface area contributed by atoms with Crippen LogP contribution in [0.5, 0.6) is 0 Å². The molecule has 0 unspecified atom stereocenters. The Hall–Kier alpha value is -2.76. The summed E-state index contributed by atoms with van der Waals surface area (Å²) in [6.07, 6.45) is -4.56. The molecule has 0 aliphatic carbocycles. The Morgan fingerprint density at radius 3 is 2.50 bits per heavy atom. The van der Waals surface area contributed by atoms with Crippen LogP contribution >= 0.6 is 35.0 Å². The maximum atomic E-state index is 12.9. The van der Waals surface area contributed by atoms with E-state index in [9.17, 15) is 22.8 Å². The molecule has 0 saturated carbocycles. The third-order valence-electron chi connectivity index (χ3n) is 4.54. The highest BCUT2D eigenvalue weighted by Crippen LogP contribution is 2.34. The maximum Gasteiger partial charge on any atom is 0.416 e. The Balaban J connectivity index is 1.61. The number of nitrogens with zero attached hydrogens (tertiary/aromatic N) is 3. The second kappa shape index (κ2) is 11.1. The lowest BCUT2D eigenvalue weighted by atomic mass is 10.2. The summed E-state index contributed by atoms with van der Waals surface area (Å²) in [4.78, 5) is 24.7. The molecule has 0 bridgehead atoms. The second-order valence-electron chi connectivity index (χ2n) is 6.83. The predicted octanol–water partition coefficient (Wildman–Crippen LogP) is 5.28. The zero-order chi connectivity index (χ0) is 24.9. The number of halogens is 5. The SMILES string of the molecule is CCn1c(CNC(=O)c2ccccc2Cl)nnc1SCC(=O)Nc1cc(C(F)(F)F)ccc1Cl. The van der Waals surface area contributed by atoms with E-state index in [4.69, 9.17) is 23.2 Å². The van der Waals surface area contributed by atoms with Crippen molar-refractivity contribution in [1.29, 1.82) is 0 Å². The molecule has 1 heterocycles. The van der Waals surface area contributed by atoms with Crippen LogP contribution in [0, 0.1) is 0 Å². The molecule has 7 nitrogen and oxygen atoms in total. The van der Waals surface area contributed by atoms with Gasteiger partial charge in [0.2, 0.25) is 5.91 Å². The number of carbonyl (C=O) groups excluding carboxylic acids is 2. The van der Waals surface area contributed by atoms with Crippen molar-refractivity contribution in [2.75, 3.05) is 11.1 Å². The molecule has 2 amide bonds. The molecule has 0 spiro atoms. The van der Waals surface area contributed by atoms with Crippen LogP contribution in [0.3, 0.4) is 0 Å². The van der Waals surface area contributed by atoms with Gasteiger partial charge >= 0.3 is 6.18 Å². The summed E-state index contributed by atoms with van der Waals surface area (Å²) >= 11 is 13.0. The molecular weight excluding hydrogens is 514 g/mol. The predicted molar refractivity (Wildman–Crippen MR) is 124 cm³/mol. The van der Waals surface area contributed by atoms with Crippen molar-refractivity contribution in [2.45, 2.75) is 31.3 Å². The highest BCUT2D eigenvalue weighted by Gasteiger charge is 2.31. The Morgan fingerprint density at radius 1 is 1.09 bits per heavy atom. The van der Waals surface area contributed by atoms with Crippen molar-refractivity contribution in [3.8, 4) is 0 Å². The summed E-state index contributed by atoms with van der Waals surface area (Å²) in [5, 5.41) is 13.9. The average Bonchev–Trinajstić information content (AvgIpc) is 3.19. The first kappa shape index (κ1) is 25.9. The molecule has 0 aliphatic rings. The number of hydrogen-bond acceptors (Lipinski definition) is 5. The van der Waals surface area contributed by atoms with Crippen molar-refractivity contribution >= 4 is 52.5 Å². The van der Waals surface area contributed by atoms with Crippen LogP contribution < -0.4 is 10.6 Å². The summed E-state index contributed by atoms with van der Waals surface area (Å²) in [5.41, 5.74) is -0.734. The van der Waals surface area contributed by atoms with E-state index in [0.29, 0.717) is 28.1 Å². The van der Waals surface area contributed by atoms with Crippen molar-refractivity contribution in [3.05, 3.63) is 69.5 Å². The number of rotatable bonds is 8. The Kier molecular flexibility index (Phi) is 8.45. The highest BCUT2D eigenvalue weighted by atomic mass is 35.5. The van der Waals surface area contributed by atoms with E-state index in [1.54, 1.807) is 28.8 Å². The number of amides is 2. The summed E-state index contributed by atoms with van der Waals surface area (Å²) in [5.74, 6) is -0.614. The Bertz CT molecular complexity index is 1200. The molecule has 0 radical (unpaired) electrons. The maximum absolute atomic E-state index is 12.9. The molecule has 0 atom stereocenters.